The van der Waals surface area contributed by atoms with Gasteiger partial charge in [0.2, 0.25) is 0 Å². The molecular formula is C12H16. The number of fused-ring (bicyclic) bond motifs is 1. The van der Waals surface area contributed by atoms with Crippen LogP contribution in [-0.2, 0) is 19.3 Å². The van der Waals surface area contributed by atoms with Gasteiger partial charge < -0.3 is 0 Å². The summed E-state index contributed by atoms with van der Waals surface area (Å²) >= 11 is 0. The number of rotatable bonds is 3. The summed E-state index contributed by atoms with van der Waals surface area (Å²) in [4.78, 5) is 0. The van der Waals surface area contributed by atoms with Gasteiger partial charge >= 0.3 is 0 Å². The van der Waals surface area contributed by atoms with Crippen LogP contribution in [0.15, 0.2) is 18.2 Å². The van der Waals surface area contributed by atoms with Crippen molar-refractivity contribution < 1.29 is 0 Å². The Morgan fingerprint density at radius 3 is 2.58 bits per heavy atom. The first kappa shape index (κ1) is 7.85. The SMILES string of the molecule is CCCCc1ccc2c(c1)CC2. The molecule has 0 heteroatoms. The van der Waals surface area contributed by atoms with Crippen molar-refractivity contribution in [2.24, 2.45) is 0 Å². The van der Waals surface area contributed by atoms with Crippen molar-refractivity contribution in [2.45, 2.75) is 39.0 Å². The smallest absolute Gasteiger partial charge is 0.0235 e. The number of hydrogen-bond acceptors (Lipinski definition) is 0. The lowest BCUT2D eigenvalue weighted by Crippen LogP contribution is -2.08. The molecule has 0 radical (unpaired) electrons. The number of hydrogen-bond donors (Lipinski definition) is 0. The molecule has 64 valence electrons. The molecule has 0 spiro atoms. The van der Waals surface area contributed by atoms with Gasteiger partial charge in [-0.05, 0) is 42.4 Å². The Balaban J connectivity index is 2.08. The van der Waals surface area contributed by atoms with E-state index in [0.29, 0.717) is 0 Å². The summed E-state index contributed by atoms with van der Waals surface area (Å²) in [6.07, 6.45) is 6.53. The van der Waals surface area contributed by atoms with E-state index in [9.17, 15) is 0 Å². The maximum atomic E-state index is 2.40. The van der Waals surface area contributed by atoms with Gasteiger partial charge in [0.25, 0.3) is 0 Å². The first-order valence-electron chi connectivity index (χ1n) is 5.01. The maximum absolute atomic E-state index is 2.40. The van der Waals surface area contributed by atoms with Crippen LogP contribution in [0.4, 0.5) is 0 Å². The van der Waals surface area contributed by atoms with E-state index >= 15 is 0 Å². The highest BCUT2D eigenvalue weighted by Gasteiger charge is 2.11. The van der Waals surface area contributed by atoms with Gasteiger partial charge in [0, 0.05) is 0 Å². The van der Waals surface area contributed by atoms with Crippen molar-refractivity contribution >= 4 is 0 Å². The van der Waals surface area contributed by atoms with Gasteiger partial charge in [-0.15, -0.1) is 0 Å². The van der Waals surface area contributed by atoms with Crippen LogP contribution in [0.1, 0.15) is 36.5 Å². The van der Waals surface area contributed by atoms with Crippen LogP contribution in [0.25, 0.3) is 0 Å². The van der Waals surface area contributed by atoms with E-state index in [0.717, 1.165) is 0 Å². The first-order valence-corrected chi connectivity index (χ1v) is 5.01. The molecule has 0 aromatic heterocycles. The zero-order valence-corrected chi connectivity index (χ0v) is 7.77. The molecular weight excluding hydrogens is 144 g/mol. The van der Waals surface area contributed by atoms with Gasteiger partial charge in [-0.1, -0.05) is 31.5 Å². The first-order chi connectivity index (χ1) is 5.90. The fraction of sp³-hybridized carbons (Fsp3) is 0.500. The van der Waals surface area contributed by atoms with Crippen molar-refractivity contribution in [3.8, 4) is 0 Å². The fourth-order valence-electron chi connectivity index (χ4n) is 1.78. The molecule has 2 rings (SSSR count). The molecule has 1 aliphatic carbocycles. The predicted octanol–water partition coefficient (Wildman–Crippen LogP) is 3.13. The summed E-state index contributed by atoms with van der Waals surface area (Å²) in [5.41, 5.74) is 4.72. The molecule has 0 atom stereocenters. The molecule has 0 nitrogen and oxygen atoms in total. The summed E-state index contributed by atoms with van der Waals surface area (Å²) in [5.74, 6) is 0. The Labute approximate surface area is 74.6 Å². The zero-order valence-electron chi connectivity index (χ0n) is 7.77. The molecule has 1 aliphatic rings. The summed E-state index contributed by atoms with van der Waals surface area (Å²) in [6.45, 7) is 2.25. The third-order valence-electron chi connectivity index (χ3n) is 2.75. The topological polar surface area (TPSA) is 0 Å². The molecule has 0 unspecified atom stereocenters. The quantitative estimate of drug-likeness (QED) is 0.637. The second kappa shape index (κ2) is 3.30. The van der Waals surface area contributed by atoms with E-state index in [1.165, 1.54) is 37.7 Å². The van der Waals surface area contributed by atoms with E-state index in [1.54, 1.807) is 11.1 Å². The summed E-state index contributed by atoms with van der Waals surface area (Å²) < 4.78 is 0. The van der Waals surface area contributed by atoms with E-state index in [-0.39, 0.29) is 0 Å². The van der Waals surface area contributed by atoms with E-state index in [4.69, 9.17) is 0 Å². The zero-order chi connectivity index (χ0) is 8.39. The van der Waals surface area contributed by atoms with Crippen LogP contribution < -0.4 is 0 Å². The molecule has 0 aliphatic heterocycles. The molecule has 1 aromatic rings. The van der Waals surface area contributed by atoms with Gasteiger partial charge in [0.15, 0.2) is 0 Å². The highest BCUT2D eigenvalue weighted by Crippen LogP contribution is 2.24. The summed E-state index contributed by atoms with van der Waals surface area (Å²) in [5, 5.41) is 0. The van der Waals surface area contributed by atoms with Gasteiger partial charge in [0.1, 0.15) is 0 Å². The van der Waals surface area contributed by atoms with Gasteiger partial charge in [-0.25, -0.2) is 0 Å². The predicted molar refractivity (Wildman–Crippen MR) is 52.5 cm³/mol. The van der Waals surface area contributed by atoms with Gasteiger partial charge in [-0.3, -0.25) is 0 Å². The molecule has 12 heavy (non-hydrogen) atoms. The van der Waals surface area contributed by atoms with Crippen LogP contribution in [0, 0.1) is 0 Å². The second-order valence-corrected chi connectivity index (χ2v) is 3.71. The van der Waals surface area contributed by atoms with Crippen molar-refractivity contribution in [3.05, 3.63) is 34.9 Å². The average Bonchev–Trinajstić information content (AvgIpc) is 2.05. The fourth-order valence-corrected chi connectivity index (χ4v) is 1.78. The molecule has 0 bridgehead atoms. The summed E-state index contributed by atoms with van der Waals surface area (Å²) in [6, 6.07) is 7.01. The minimum absolute atomic E-state index is 1.27. The molecule has 0 fully saturated rings. The van der Waals surface area contributed by atoms with Crippen LogP contribution in [0.2, 0.25) is 0 Å². The Morgan fingerprint density at radius 1 is 1.17 bits per heavy atom. The van der Waals surface area contributed by atoms with Crippen LogP contribution >= 0.6 is 0 Å². The Kier molecular flexibility index (Phi) is 2.16. The Hall–Kier alpha value is -0.780. The monoisotopic (exact) mass is 160 g/mol. The molecule has 1 aromatic carbocycles. The molecule has 0 N–H and O–H groups in total. The van der Waals surface area contributed by atoms with E-state index in [1.807, 2.05) is 0 Å². The van der Waals surface area contributed by atoms with Gasteiger partial charge in [0.05, 0.1) is 0 Å². The standard InChI is InChI=1S/C12H16/c1-2-3-4-10-5-6-11-7-8-12(11)9-10/h5-6,9H,2-4,7-8H2,1H3. The van der Waals surface area contributed by atoms with Crippen molar-refractivity contribution in [1.82, 2.24) is 0 Å². The normalized spacial score (nSPS) is 13.8. The Morgan fingerprint density at radius 2 is 2.00 bits per heavy atom. The third-order valence-corrected chi connectivity index (χ3v) is 2.75. The molecule has 0 saturated carbocycles. The molecule has 0 saturated heterocycles. The van der Waals surface area contributed by atoms with Crippen molar-refractivity contribution in [2.75, 3.05) is 0 Å². The van der Waals surface area contributed by atoms with Crippen LogP contribution in [0.3, 0.4) is 0 Å². The minimum Gasteiger partial charge on any atom is -0.0654 e. The summed E-state index contributed by atoms with van der Waals surface area (Å²) in [7, 11) is 0. The maximum Gasteiger partial charge on any atom is -0.0235 e. The van der Waals surface area contributed by atoms with Crippen LogP contribution in [0.5, 0.6) is 0 Å². The third kappa shape index (κ3) is 1.38. The highest BCUT2D eigenvalue weighted by molar-refractivity contribution is 5.38. The number of benzene rings is 1. The lowest BCUT2D eigenvalue weighted by Gasteiger charge is -2.19. The lowest BCUT2D eigenvalue weighted by atomic mass is 9.86. The lowest BCUT2D eigenvalue weighted by molar-refractivity contribution is 0.782. The van der Waals surface area contributed by atoms with Gasteiger partial charge in [-0.2, -0.15) is 0 Å². The number of aryl methyl sites for hydroxylation is 3. The van der Waals surface area contributed by atoms with Crippen molar-refractivity contribution in [1.29, 1.82) is 0 Å². The molecule has 0 amide bonds. The largest absolute Gasteiger partial charge is 0.0654 e. The van der Waals surface area contributed by atoms with Crippen molar-refractivity contribution in [3.63, 3.8) is 0 Å². The van der Waals surface area contributed by atoms with Crippen LogP contribution in [-0.4, -0.2) is 0 Å². The average molecular weight is 160 g/mol. The minimum atomic E-state index is 1.27. The highest BCUT2D eigenvalue weighted by atomic mass is 14.2. The molecule has 0 heterocycles. The number of unbranched alkanes of at least 4 members (excludes halogenated alkanes) is 1. The van der Waals surface area contributed by atoms with E-state index < -0.39 is 0 Å². The Bertz CT molecular complexity index is 273. The second-order valence-electron chi connectivity index (χ2n) is 3.71. The van der Waals surface area contributed by atoms with E-state index in [2.05, 4.69) is 25.1 Å².